The second-order valence-electron chi connectivity index (χ2n) is 7.65. The molecule has 1 aromatic heterocycles. The molecule has 0 bridgehead atoms. The van der Waals surface area contributed by atoms with Crippen LogP contribution in [-0.4, -0.2) is 21.3 Å². The summed E-state index contributed by atoms with van der Waals surface area (Å²) in [6.45, 7) is 9.83. The number of aryl methyl sites for hydroxylation is 2. The summed E-state index contributed by atoms with van der Waals surface area (Å²) in [7, 11) is 0. The van der Waals surface area contributed by atoms with Crippen molar-refractivity contribution in [3.8, 4) is 0 Å². The Morgan fingerprint density at radius 2 is 1.86 bits per heavy atom. The highest BCUT2D eigenvalue weighted by Crippen LogP contribution is 2.34. The molecule has 1 heterocycles. The molecule has 0 amide bonds. The minimum atomic E-state index is 0.312. The Morgan fingerprint density at radius 3 is 2.43 bits per heavy atom. The molecule has 0 aliphatic heterocycles. The first-order valence-corrected chi connectivity index (χ1v) is 8.54. The normalized spacial score (nSPS) is 18.3. The lowest BCUT2D eigenvalue weighted by Gasteiger charge is -2.30. The third-order valence-electron chi connectivity index (χ3n) is 5.08. The number of rotatable bonds is 6. The van der Waals surface area contributed by atoms with Crippen LogP contribution in [0.15, 0.2) is 0 Å². The van der Waals surface area contributed by atoms with E-state index in [1.807, 2.05) is 0 Å². The van der Waals surface area contributed by atoms with E-state index in [0.29, 0.717) is 17.4 Å². The quantitative estimate of drug-likeness (QED) is 0.870. The molecule has 0 spiro atoms. The largest absolute Gasteiger partial charge is 0.330 e. The fourth-order valence-electron chi connectivity index (χ4n) is 3.74. The van der Waals surface area contributed by atoms with Crippen LogP contribution in [0.5, 0.6) is 0 Å². The molecule has 0 aromatic carbocycles. The third kappa shape index (κ3) is 4.06. The minimum Gasteiger partial charge on any atom is -0.330 e. The SMILES string of the molecule is Cc1nnc(CCC(CCN)C(C)(C)C)n1C1CCCC1. The van der Waals surface area contributed by atoms with Gasteiger partial charge < -0.3 is 10.3 Å². The molecule has 4 heteroatoms. The average molecular weight is 292 g/mol. The van der Waals surface area contributed by atoms with Crippen LogP contribution in [0, 0.1) is 18.3 Å². The van der Waals surface area contributed by atoms with E-state index in [9.17, 15) is 0 Å². The minimum absolute atomic E-state index is 0.312. The first-order chi connectivity index (χ1) is 9.93. The molecule has 1 fully saturated rings. The predicted octanol–water partition coefficient (Wildman–Crippen LogP) is 3.65. The first-order valence-electron chi connectivity index (χ1n) is 8.54. The van der Waals surface area contributed by atoms with E-state index in [2.05, 4.69) is 42.5 Å². The molecule has 1 aromatic rings. The molecule has 1 aliphatic carbocycles. The summed E-state index contributed by atoms with van der Waals surface area (Å²) in [6.07, 6.45) is 8.55. The van der Waals surface area contributed by atoms with Crippen molar-refractivity contribution in [2.24, 2.45) is 17.1 Å². The van der Waals surface area contributed by atoms with Gasteiger partial charge in [-0.3, -0.25) is 0 Å². The summed E-state index contributed by atoms with van der Waals surface area (Å²) in [5.41, 5.74) is 6.11. The maximum Gasteiger partial charge on any atom is 0.133 e. The fourth-order valence-corrected chi connectivity index (χ4v) is 3.74. The number of aromatic nitrogens is 3. The van der Waals surface area contributed by atoms with Gasteiger partial charge in [0.25, 0.3) is 0 Å². The highest BCUT2D eigenvalue weighted by molar-refractivity contribution is 4.99. The predicted molar refractivity (Wildman–Crippen MR) is 87.2 cm³/mol. The molecule has 1 atom stereocenters. The van der Waals surface area contributed by atoms with E-state index in [4.69, 9.17) is 5.73 Å². The van der Waals surface area contributed by atoms with E-state index in [-0.39, 0.29) is 0 Å². The highest BCUT2D eigenvalue weighted by atomic mass is 15.3. The molecule has 2 rings (SSSR count). The van der Waals surface area contributed by atoms with E-state index in [1.165, 1.54) is 31.5 Å². The van der Waals surface area contributed by atoms with Gasteiger partial charge in [0.2, 0.25) is 0 Å². The van der Waals surface area contributed by atoms with Gasteiger partial charge in [0, 0.05) is 12.5 Å². The van der Waals surface area contributed by atoms with Crippen LogP contribution in [0.3, 0.4) is 0 Å². The summed E-state index contributed by atoms with van der Waals surface area (Å²) in [4.78, 5) is 0. The number of hydrogen-bond acceptors (Lipinski definition) is 3. The van der Waals surface area contributed by atoms with Gasteiger partial charge in [-0.1, -0.05) is 33.6 Å². The van der Waals surface area contributed by atoms with Crippen molar-refractivity contribution in [1.82, 2.24) is 14.8 Å². The lowest BCUT2D eigenvalue weighted by molar-refractivity contribution is 0.213. The van der Waals surface area contributed by atoms with E-state index in [1.54, 1.807) is 0 Å². The van der Waals surface area contributed by atoms with Crippen LogP contribution in [-0.2, 0) is 6.42 Å². The van der Waals surface area contributed by atoms with Gasteiger partial charge in [-0.2, -0.15) is 0 Å². The summed E-state index contributed by atoms with van der Waals surface area (Å²) >= 11 is 0. The van der Waals surface area contributed by atoms with Crippen LogP contribution < -0.4 is 5.73 Å². The van der Waals surface area contributed by atoms with Crippen molar-refractivity contribution >= 4 is 0 Å². The molecule has 0 saturated heterocycles. The van der Waals surface area contributed by atoms with Crippen molar-refractivity contribution in [2.45, 2.75) is 78.7 Å². The van der Waals surface area contributed by atoms with Gasteiger partial charge in [-0.25, -0.2) is 0 Å². The second-order valence-corrected chi connectivity index (χ2v) is 7.65. The summed E-state index contributed by atoms with van der Waals surface area (Å²) in [6, 6.07) is 0.637. The molecular formula is C17H32N4. The van der Waals surface area contributed by atoms with Crippen LogP contribution in [0.1, 0.15) is 77.0 Å². The molecule has 21 heavy (non-hydrogen) atoms. The van der Waals surface area contributed by atoms with Crippen LogP contribution >= 0.6 is 0 Å². The fraction of sp³-hybridized carbons (Fsp3) is 0.882. The smallest absolute Gasteiger partial charge is 0.133 e. The third-order valence-corrected chi connectivity index (χ3v) is 5.08. The molecule has 120 valence electrons. The van der Waals surface area contributed by atoms with Gasteiger partial charge in [0.1, 0.15) is 11.6 Å². The Labute approximate surface area is 129 Å². The molecule has 2 N–H and O–H groups in total. The van der Waals surface area contributed by atoms with Crippen molar-refractivity contribution in [3.05, 3.63) is 11.6 Å². The van der Waals surface area contributed by atoms with E-state index in [0.717, 1.165) is 31.6 Å². The van der Waals surface area contributed by atoms with Gasteiger partial charge in [0.05, 0.1) is 0 Å². The molecular weight excluding hydrogens is 260 g/mol. The topological polar surface area (TPSA) is 56.7 Å². The second kappa shape index (κ2) is 6.91. The molecule has 1 aliphatic rings. The number of hydrogen-bond donors (Lipinski definition) is 1. The van der Waals surface area contributed by atoms with Crippen molar-refractivity contribution in [2.75, 3.05) is 6.54 Å². The zero-order valence-electron chi connectivity index (χ0n) is 14.2. The molecule has 1 unspecified atom stereocenters. The monoisotopic (exact) mass is 292 g/mol. The Kier molecular flexibility index (Phi) is 5.42. The van der Waals surface area contributed by atoms with Gasteiger partial charge in [-0.05, 0) is 50.5 Å². The van der Waals surface area contributed by atoms with Gasteiger partial charge in [-0.15, -0.1) is 10.2 Å². The van der Waals surface area contributed by atoms with Crippen molar-refractivity contribution in [3.63, 3.8) is 0 Å². The van der Waals surface area contributed by atoms with E-state index >= 15 is 0 Å². The number of nitrogens with zero attached hydrogens (tertiary/aromatic N) is 3. The number of nitrogens with two attached hydrogens (primary N) is 1. The van der Waals surface area contributed by atoms with Crippen LogP contribution in [0.4, 0.5) is 0 Å². The summed E-state index contributed by atoms with van der Waals surface area (Å²) in [5.74, 6) is 2.92. The first kappa shape index (κ1) is 16.5. The van der Waals surface area contributed by atoms with Crippen LogP contribution in [0.25, 0.3) is 0 Å². The zero-order valence-corrected chi connectivity index (χ0v) is 14.2. The average Bonchev–Trinajstić information content (AvgIpc) is 3.02. The Bertz CT molecular complexity index is 438. The van der Waals surface area contributed by atoms with Crippen LogP contribution in [0.2, 0.25) is 0 Å². The molecule has 1 saturated carbocycles. The summed E-state index contributed by atoms with van der Waals surface area (Å²) in [5, 5.41) is 8.79. The standard InChI is InChI=1S/C17H32N4/c1-13-19-20-16(21(13)15-7-5-6-8-15)10-9-14(11-12-18)17(2,3)4/h14-15H,5-12,18H2,1-4H3. The van der Waals surface area contributed by atoms with Crippen molar-refractivity contribution in [1.29, 1.82) is 0 Å². The van der Waals surface area contributed by atoms with E-state index < -0.39 is 0 Å². The Hall–Kier alpha value is -0.900. The Morgan fingerprint density at radius 1 is 1.19 bits per heavy atom. The Balaban J connectivity index is 2.05. The van der Waals surface area contributed by atoms with Gasteiger partial charge in [0.15, 0.2) is 0 Å². The zero-order chi connectivity index (χ0) is 15.5. The maximum atomic E-state index is 5.80. The van der Waals surface area contributed by atoms with Crippen molar-refractivity contribution < 1.29 is 0 Å². The lowest BCUT2D eigenvalue weighted by atomic mass is 9.76. The summed E-state index contributed by atoms with van der Waals surface area (Å²) < 4.78 is 2.41. The molecule has 0 radical (unpaired) electrons. The van der Waals surface area contributed by atoms with Gasteiger partial charge >= 0.3 is 0 Å². The lowest BCUT2D eigenvalue weighted by Crippen LogP contribution is -2.24. The maximum absolute atomic E-state index is 5.80. The molecule has 4 nitrogen and oxygen atoms in total. The highest BCUT2D eigenvalue weighted by Gasteiger charge is 2.26.